The third kappa shape index (κ3) is 2.58. The maximum atomic E-state index is 10.8. The van der Waals surface area contributed by atoms with Crippen LogP contribution >= 0.6 is 0 Å². The highest BCUT2D eigenvalue weighted by atomic mass is 16.4. The number of carboxylic acids is 1. The fourth-order valence-electron chi connectivity index (χ4n) is 2.68. The monoisotopic (exact) mass is 267 g/mol. The summed E-state index contributed by atoms with van der Waals surface area (Å²) >= 11 is 0. The van der Waals surface area contributed by atoms with Crippen molar-refractivity contribution in [3.63, 3.8) is 0 Å². The van der Waals surface area contributed by atoms with Crippen LogP contribution in [0.5, 0.6) is 0 Å². The summed E-state index contributed by atoms with van der Waals surface area (Å²) in [6.07, 6.45) is 2.44. The molecule has 1 saturated heterocycles. The average Bonchev–Trinajstić information content (AvgIpc) is 3.02. The Morgan fingerprint density at radius 2 is 1.60 bits per heavy atom. The van der Waals surface area contributed by atoms with Crippen LogP contribution in [0, 0.1) is 0 Å². The molecular weight excluding hydrogens is 250 g/mol. The molecule has 3 rings (SSSR count). The second-order valence-corrected chi connectivity index (χ2v) is 5.15. The number of carboxylic acid groups (broad SMARTS) is 1. The molecule has 1 atom stereocenters. The number of aromatic carboxylic acids is 1. The van der Waals surface area contributed by atoms with Crippen molar-refractivity contribution in [3.8, 4) is 11.1 Å². The summed E-state index contributed by atoms with van der Waals surface area (Å²) in [5, 5.41) is 12.4. The highest BCUT2D eigenvalue weighted by Crippen LogP contribution is 2.26. The minimum absolute atomic E-state index is 0.320. The summed E-state index contributed by atoms with van der Waals surface area (Å²) in [4.78, 5) is 10.8. The highest BCUT2D eigenvalue weighted by Gasteiger charge is 2.15. The third-order valence-electron chi connectivity index (χ3n) is 3.84. The van der Waals surface area contributed by atoms with Gasteiger partial charge in [0, 0.05) is 6.04 Å². The van der Waals surface area contributed by atoms with Crippen molar-refractivity contribution in [2.75, 3.05) is 6.54 Å². The lowest BCUT2D eigenvalue weighted by atomic mass is 9.99. The van der Waals surface area contributed by atoms with Crippen LogP contribution in [-0.2, 0) is 0 Å². The molecule has 102 valence electrons. The molecule has 0 spiro atoms. The molecular formula is C17H17NO2. The Hall–Kier alpha value is -2.13. The van der Waals surface area contributed by atoms with Crippen LogP contribution in [0.2, 0.25) is 0 Å². The van der Waals surface area contributed by atoms with Gasteiger partial charge in [0.2, 0.25) is 0 Å². The predicted molar refractivity (Wildman–Crippen MR) is 78.8 cm³/mol. The van der Waals surface area contributed by atoms with Crippen LogP contribution in [0.15, 0.2) is 48.5 Å². The normalized spacial score (nSPS) is 18.1. The van der Waals surface area contributed by atoms with Crippen LogP contribution < -0.4 is 5.32 Å². The molecule has 0 bridgehead atoms. The molecule has 1 heterocycles. The van der Waals surface area contributed by atoms with Gasteiger partial charge in [-0.1, -0.05) is 36.4 Å². The lowest BCUT2D eigenvalue weighted by Crippen LogP contribution is -2.12. The number of hydrogen-bond acceptors (Lipinski definition) is 2. The first-order chi connectivity index (χ1) is 9.74. The highest BCUT2D eigenvalue weighted by molar-refractivity contribution is 5.88. The van der Waals surface area contributed by atoms with E-state index in [1.807, 2.05) is 12.1 Å². The molecule has 0 aliphatic carbocycles. The number of hydrogen-bond donors (Lipinski definition) is 2. The predicted octanol–water partition coefficient (Wildman–Crippen LogP) is 3.48. The Morgan fingerprint density at radius 1 is 1.00 bits per heavy atom. The lowest BCUT2D eigenvalue weighted by Gasteiger charge is -2.11. The molecule has 1 fully saturated rings. The van der Waals surface area contributed by atoms with E-state index in [2.05, 4.69) is 29.6 Å². The Bertz CT molecular complexity index is 596. The summed E-state index contributed by atoms with van der Waals surface area (Å²) in [5.41, 5.74) is 3.80. The van der Waals surface area contributed by atoms with Gasteiger partial charge in [0.05, 0.1) is 5.56 Å². The van der Waals surface area contributed by atoms with E-state index in [-0.39, 0.29) is 0 Å². The van der Waals surface area contributed by atoms with Gasteiger partial charge in [0.15, 0.2) is 0 Å². The van der Waals surface area contributed by atoms with Crippen LogP contribution in [0.1, 0.15) is 34.8 Å². The van der Waals surface area contributed by atoms with E-state index >= 15 is 0 Å². The van der Waals surface area contributed by atoms with E-state index in [0.717, 1.165) is 17.7 Å². The van der Waals surface area contributed by atoms with Gasteiger partial charge in [-0.15, -0.1) is 0 Å². The molecule has 3 nitrogen and oxygen atoms in total. The Labute approximate surface area is 118 Å². The van der Waals surface area contributed by atoms with Gasteiger partial charge in [-0.2, -0.15) is 0 Å². The number of carbonyl (C=O) groups is 1. The van der Waals surface area contributed by atoms with Crippen molar-refractivity contribution in [3.05, 3.63) is 59.7 Å². The molecule has 2 aromatic rings. The topological polar surface area (TPSA) is 49.3 Å². The first-order valence-corrected chi connectivity index (χ1v) is 6.91. The zero-order chi connectivity index (χ0) is 13.9. The zero-order valence-corrected chi connectivity index (χ0v) is 11.2. The first-order valence-electron chi connectivity index (χ1n) is 6.91. The smallest absolute Gasteiger partial charge is 0.335 e. The number of benzene rings is 2. The lowest BCUT2D eigenvalue weighted by molar-refractivity contribution is 0.0697. The van der Waals surface area contributed by atoms with Crippen LogP contribution in [0.3, 0.4) is 0 Å². The van der Waals surface area contributed by atoms with Crippen molar-refractivity contribution in [2.45, 2.75) is 18.9 Å². The summed E-state index contributed by atoms with van der Waals surface area (Å²) in [6, 6.07) is 16.0. The fraction of sp³-hybridized carbons (Fsp3) is 0.235. The fourth-order valence-corrected chi connectivity index (χ4v) is 2.68. The van der Waals surface area contributed by atoms with Gasteiger partial charge in [-0.3, -0.25) is 0 Å². The van der Waals surface area contributed by atoms with Gasteiger partial charge >= 0.3 is 5.97 Å². The van der Waals surface area contributed by atoms with E-state index in [9.17, 15) is 4.79 Å². The molecule has 1 aliphatic rings. The van der Waals surface area contributed by atoms with E-state index in [4.69, 9.17) is 5.11 Å². The van der Waals surface area contributed by atoms with Crippen molar-refractivity contribution in [1.29, 1.82) is 0 Å². The Morgan fingerprint density at radius 3 is 2.10 bits per heavy atom. The largest absolute Gasteiger partial charge is 0.478 e. The molecule has 0 radical (unpaired) electrons. The number of nitrogens with one attached hydrogen (secondary N) is 1. The van der Waals surface area contributed by atoms with Gasteiger partial charge < -0.3 is 10.4 Å². The van der Waals surface area contributed by atoms with Crippen molar-refractivity contribution in [2.24, 2.45) is 0 Å². The zero-order valence-electron chi connectivity index (χ0n) is 11.2. The van der Waals surface area contributed by atoms with Gasteiger partial charge in [-0.05, 0) is 48.2 Å². The molecule has 1 aliphatic heterocycles. The SMILES string of the molecule is O=C(O)c1ccc(-c2ccc(C3CCCN3)cc2)cc1. The van der Waals surface area contributed by atoms with Gasteiger partial charge in [0.1, 0.15) is 0 Å². The minimum atomic E-state index is -0.890. The molecule has 0 aromatic heterocycles. The maximum Gasteiger partial charge on any atom is 0.335 e. The molecule has 2 aromatic carbocycles. The quantitative estimate of drug-likeness (QED) is 0.895. The second-order valence-electron chi connectivity index (χ2n) is 5.15. The average molecular weight is 267 g/mol. The van der Waals surface area contributed by atoms with E-state index in [1.54, 1.807) is 12.1 Å². The Balaban J connectivity index is 1.81. The summed E-state index contributed by atoms with van der Waals surface area (Å²) < 4.78 is 0. The second kappa shape index (κ2) is 5.47. The van der Waals surface area contributed by atoms with Crippen LogP contribution in [0.4, 0.5) is 0 Å². The van der Waals surface area contributed by atoms with Crippen molar-refractivity contribution < 1.29 is 9.90 Å². The summed E-state index contributed by atoms with van der Waals surface area (Å²) in [7, 11) is 0. The number of rotatable bonds is 3. The third-order valence-corrected chi connectivity index (χ3v) is 3.84. The summed E-state index contributed by atoms with van der Waals surface area (Å²) in [6.45, 7) is 1.10. The van der Waals surface area contributed by atoms with Crippen LogP contribution in [-0.4, -0.2) is 17.6 Å². The standard InChI is InChI=1S/C17H17NO2/c19-17(20)15-9-5-13(6-10-15)12-3-7-14(8-4-12)16-2-1-11-18-16/h3-10,16,18H,1-2,11H2,(H,19,20). The maximum absolute atomic E-state index is 10.8. The molecule has 0 saturated carbocycles. The van der Waals surface area contributed by atoms with Crippen LogP contribution in [0.25, 0.3) is 11.1 Å². The van der Waals surface area contributed by atoms with E-state index in [0.29, 0.717) is 11.6 Å². The summed E-state index contributed by atoms with van der Waals surface area (Å²) in [5.74, 6) is -0.890. The van der Waals surface area contributed by atoms with Gasteiger partial charge in [0.25, 0.3) is 0 Å². The first kappa shape index (κ1) is 12.9. The van der Waals surface area contributed by atoms with E-state index in [1.165, 1.54) is 18.4 Å². The van der Waals surface area contributed by atoms with Gasteiger partial charge in [-0.25, -0.2) is 4.79 Å². The molecule has 2 N–H and O–H groups in total. The van der Waals surface area contributed by atoms with Crippen molar-refractivity contribution >= 4 is 5.97 Å². The molecule has 20 heavy (non-hydrogen) atoms. The minimum Gasteiger partial charge on any atom is -0.478 e. The van der Waals surface area contributed by atoms with E-state index < -0.39 is 5.97 Å². The van der Waals surface area contributed by atoms with Crippen molar-refractivity contribution in [1.82, 2.24) is 5.32 Å². The molecule has 1 unspecified atom stereocenters. The molecule has 3 heteroatoms. The Kier molecular flexibility index (Phi) is 3.52. The molecule has 0 amide bonds.